The molecule has 0 aliphatic rings. The average molecular weight is 323 g/mol. The van der Waals surface area contributed by atoms with Crippen molar-refractivity contribution >= 4 is 41.6 Å². The molecule has 19 heavy (non-hydrogen) atoms. The number of rotatable bonds is 2. The van der Waals surface area contributed by atoms with Crippen LogP contribution in [0.4, 0.5) is 4.39 Å². The van der Waals surface area contributed by atoms with Crippen LogP contribution in [0.2, 0.25) is 10.0 Å². The van der Waals surface area contributed by atoms with Gasteiger partial charge in [-0.1, -0.05) is 23.2 Å². The third-order valence-corrected chi connectivity index (χ3v) is 2.92. The molecule has 0 fully saturated rings. The number of carboxylic acids is 1. The molecular weight excluding hydrogens is 315 g/mol. The zero-order valence-electron chi connectivity index (χ0n) is 9.23. The van der Waals surface area contributed by atoms with Crippen LogP contribution in [0.1, 0.15) is 10.4 Å². The minimum atomic E-state index is -1.17. The lowest BCUT2D eigenvalue weighted by Crippen LogP contribution is -1.98. The van der Waals surface area contributed by atoms with Gasteiger partial charge in [-0.2, -0.15) is 0 Å². The number of carbonyl (C=O) groups is 1. The second-order valence-electron chi connectivity index (χ2n) is 3.48. The van der Waals surface area contributed by atoms with Crippen LogP contribution >= 0.6 is 35.6 Å². The van der Waals surface area contributed by atoms with Crippen LogP contribution < -0.4 is 0 Å². The van der Waals surface area contributed by atoms with E-state index in [1.54, 1.807) is 0 Å². The van der Waals surface area contributed by atoms with E-state index >= 15 is 0 Å². The van der Waals surface area contributed by atoms with Gasteiger partial charge in [-0.3, -0.25) is 4.98 Å². The van der Waals surface area contributed by atoms with Crippen molar-refractivity contribution in [3.63, 3.8) is 0 Å². The predicted molar refractivity (Wildman–Crippen MR) is 73.9 cm³/mol. The lowest BCUT2D eigenvalue weighted by Gasteiger charge is -2.07. The van der Waals surface area contributed by atoms with Gasteiger partial charge in [0.1, 0.15) is 5.82 Å². The SMILES string of the molecule is Cl.O=C(O)c1cc(-c2ccc(F)cn2)c(Cl)cc1Cl. The van der Waals surface area contributed by atoms with Gasteiger partial charge in [0.05, 0.1) is 27.5 Å². The molecule has 0 saturated heterocycles. The van der Waals surface area contributed by atoms with Crippen molar-refractivity contribution in [2.24, 2.45) is 0 Å². The Morgan fingerprint density at radius 1 is 1.21 bits per heavy atom. The van der Waals surface area contributed by atoms with Gasteiger partial charge in [0.2, 0.25) is 0 Å². The number of hydrogen-bond donors (Lipinski definition) is 1. The molecule has 0 atom stereocenters. The number of aromatic carboxylic acids is 1. The number of benzene rings is 1. The van der Waals surface area contributed by atoms with E-state index in [4.69, 9.17) is 28.3 Å². The summed E-state index contributed by atoms with van der Waals surface area (Å²) in [7, 11) is 0. The Labute approximate surface area is 124 Å². The monoisotopic (exact) mass is 321 g/mol. The molecule has 0 aliphatic heterocycles. The fraction of sp³-hybridized carbons (Fsp3) is 0. The summed E-state index contributed by atoms with van der Waals surface area (Å²) in [5, 5.41) is 9.26. The van der Waals surface area contributed by atoms with Crippen LogP contribution in [0.15, 0.2) is 30.5 Å². The van der Waals surface area contributed by atoms with Gasteiger partial charge in [0.15, 0.2) is 0 Å². The zero-order chi connectivity index (χ0) is 13.3. The van der Waals surface area contributed by atoms with Crippen molar-refractivity contribution in [3.05, 3.63) is 51.9 Å². The molecule has 100 valence electrons. The maximum absolute atomic E-state index is 12.8. The van der Waals surface area contributed by atoms with E-state index in [0.29, 0.717) is 11.3 Å². The first-order chi connectivity index (χ1) is 8.49. The van der Waals surface area contributed by atoms with Gasteiger partial charge in [0, 0.05) is 5.56 Å². The van der Waals surface area contributed by atoms with Gasteiger partial charge in [-0.05, 0) is 24.3 Å². The lowest BCUT2D eigenvalue weighted by molar-refractivity contribution is 0.0697. The molecule has 2 rings (SSSR count). The molecule has 1 aromatic carbocycles. The van der Waals surface area contributed by atoms with E-state index in [1.807, 2.05) is 0 Å². The summed E-state index contributed by atoms with van der Waals surface area (Å²) >= 11 is 11.7. The first kappa shape index (κ1) is 15.7. The molecule has 0 radical (unpaired) electrons. The Morgan fingerprint density at radius 3 is 2.42 bits per heavy atom. The van der Waals surface area contributed by atoms with Crippen LogP contribution in [0.5, 0.6) is 0 Å². The molecule has 1 aromatic heterocycles. The summed E-state index contributed by atoms with van der Waals surface area (Å²) in [6.07, 6.45) is 1.03. The summed E-state index contributed by atoms with van der Waals surface area (Å²) in [5.74, 6) is -1.65. The third-order valence-electron chi connectivity index (χ3n) is 2.29. The highest BCUT2D eigenvalue weighted by molar-refractivity contribution is 6.38. The van der Waals surface area contributed by atoms with E-state index in [9.17, 15) is 9.18 Å². The van der Waals surface area contributed by atoms with Gasteiger partial charge in [-0.25, -0.2) is 9.18 Å². The summed E-state index contributed by atoms with van der Waals surface area (Å²) in [4.78, 5) is 14.8. The van der Waals surface area contributed by atoms with E-state index in [1.165, 1.54) is 24.3 Å². The van der Waals surface area contributed by atoms with Gasteiger partial charge < -0.3 is 5.11 Å². The summed E-state index contributed by atoms with van der Waals surface area (Å²) in [6, 6.07) is 5.27. The summed E-state index contributed by atoms with van der Waals surface area (Å²) in [6.45, 7) is 0. The number of halogens is 4. The van der Waals surface area contributed by atoms with Crippen LogP contribution in [0, 0.1) is 5.82 Å². The first-order valence-electron chi connectivity index (χ1n) is 4.83. The first-order valence-corrected chi connectivity index (χ1v) is 5.59. The van der Waals surface area contributed by atoms with Crippen molar-refractivity contribution in [2.45, 2.75) is 0 Å². The van der Waals surface area contributed by atoms with Crippen molar-refractivity contribution in [1.82, 2.24) is 4.98 Å². The highest BCUT2D eigenvalue weighted by Crippen LogP contribution is 2.31. The van der Waals surface area contributed by atoms with E-state index < -0.39 is 11.8 Å². The molecule has 1 N–H and O–H groups in total. The fourth-order valence-electron chi connectivity index (χ4n) is 1.44. The molecule has 0 unspecified atom stereocenters. The Morgan fingerprint density at radius 2 is 1.89 bits per heavy atom. The van der Waals surface area contributed by atoms with Crippen LogP contribution in [-0.2, 0) is 0 Å². The minimum absolute atomic E-state index is 0. The standard InChI is InChI=1S/C12H6Cl2FNO2.ClH/c13-9-4-10(14)8(12(17)18)3-7(9)11-2-1-6(15)5-16-11;/h1-5H,(H,17,18);1H. The van der Waals surface area contributed by atoms with Crippen molar-refractivity contribution in [2.75, 3.05) is 0 Å². The topological polar surface area (TPSA) is 50.2 Å². The van der Waals surface area contributed by atoms with E-state index in [0.717, 1.165) is 6.20 Å². The normalized spacial score (nSPS) is 9.84. The molecule has 0 spiro atoms. The predicted octanol–water partition coefficient (Wildman–Crippen LogP) is 4.31. The highest BCUT2D eigenvalue weighted by atomic mass is 35.5. The number of hydrogen-bond acceptors (Lipinski definition) is 2. The number of nitrogens with zero attached hydrogens (tertiary/aromatic N) is 1. The summed E-state index contributed by atoms with van der Waals surface area (Å²) < 4.78 is 12.8. The molecular formula is C12H7Cl3FNO2. The Balaban J connectivity index is 0.00000180. The largest absolute Gasteiger partial charge is 0.478 e. The molecule has 2 aromatic rings. The molecule has 0 saturated carbocycles. The Hall–Kier alpha value is -1.36. The van der Waals surface area contributed by atoms with Crippen LogP contribution in [-0.4, -0.2) is 16.1 Å². The lowest BCUT2D eigenvalue weighted by atomic mass is 10.1. The zero-order valence-corrected chi connectivity index (χ0v) is 11.6. The van der Waals surface area contributed by atoms with E-state index in [2.05, 4.69) is 4.98 Å². The second kappa shape index (κ2) is 6.19. The van der Waals surface area contributed by atoms with Crippen LogP contribution in [0.3, 0.4) is 0 Å². The van der Waals surface area contributed by atoms with Crippen molar-refractivity contribution < 1.29 is 14.3 Å². The molecule has 3 nitrogen and oxygen atoms in total. The summed E-state index contributed by atoms with van der Waals surface area (Å²) in [5.41, 5.74) is 0.682. The van der Waals surface area contributed by atoms with Crippen molar-refractivity contribution in [3.8, 4) is 11.3 Å². The number of aromatic nitrogens is 1. The Bertz CT molecular complexity index is 617. The molecule has 0 amide bonds. The quantitative estimate of drug-likeness (QED) is 0.896. The molecule has 0 bridgehead atoms. The Kier molecular flexibility index (Phi) is 5.11. The maximum atomic E-state index is 12.8. The third kappa shape index (κ3) is 3.35. The molecule has 0 aliphatic carbocycles. The highest BCUT2D eigenvalue weighted by Gasteiger charge is 2.14. The van der Waals surface area contributed by atoms with E-state index in [-0.39, 0.29) is 28.0 Å². The molecule has 1 heterocycles. The van der Waals surface area contributed by atoms with Gasteiger partial charge >= 0.3 is 5.97 Å². The maximum Gasteiger partial charge on any atom is 0.337 e. The second-order valence-corrected chi connectivity index (χ2v) is 4.29. The average Bonchev–Trinajstić information content (AvgIpc) is 2.30. The van der Waals surface area contributed by atoms with Gasteiger partial charge in [-0.15, -0.1) is 12.4 Å². The van der Waals surface area contributed by atoms with Crippen LogP contribution in [0.25, 0.3) is 11.3 Å². The number of carboxylic acid groups (broad SMARTS) is 1. The van der Waals surface area contributed by atoms with Crippen molar-refractivity contribution in [1.29, 1.82) is 0 Å². The molecule has 7 heteroatoms. The smallest absolute Gasteiger partial charge is 0.337 e. The minimum Gasteiger partial charge on any atom is -0.478 e. The van der Waals surface area contributed by atoms with Gasteiger partial charge in [0.25, 0.3) is 0 Å². The fourth-order valence-corrected chi connectivity index (χ4v) is 2.01. The number of pyridine rings is 1.